The fourth-order valence-corrected chi connectivity index (χ4v) is 1.60. The van der Waals surface area contributed by atoms with Crippen LogP contribution in [0.25, 0.3) is 5.73 Å². The van der Waals surface area contributed by atoms with E-state index in [1.54, 1.807) is 0 Å². The van der Waals surface area contributed by atoms with Crippen molar-refractivity contribution in [2.45, 2.75) is 24.4 Å². The lowest BCUT2D eigenvalue weighted by atomic mass is 10.1. The van der Waals surface area contributed by atoms with Gasteiger partial charge in [0.25, 0.3) is 0 Å². The van der Waals surface area contributed by atoms with Gasteiger partial charge in [-0.2, -0.15) is 26.3 Å². The molecule has 2 atom stereocenters. The molecule has 0 spiro atoms. The zero-order valence-electron chi connectivity index (χ0n) is 12.0. The molecule has 0 bridgehead atoms. The van der Waals surface area contributed by atoms with Gasteiger partial charge in [-0.15, -0.1) is 0 Å². The lowest BCUT2D eigenvalue weighted by Crippen LogP contribution is -2.37. The molecule has 0 aromatic heterocycles. The van der Waals surface area contributed by atoms with E-state index < -0.39 is 35.8 Å². The molecule has 0 amide bonds. The Morgan fingerprint density at radius 3 is 2.33 bits per heavy atom. The highest BCUT2D eigenvalue weighted by Gasteiger charge is 2.33. The van der Waals surface area contributed by atoms with Crippen LogP contribution in [-0.2, 0) is 0 Å². The molecule has 7 N–H and O–H groups in total. The van der Waals surface area contributed by atoms with Gasteiger partial charge in [0.15, 0.2) is 0 Å². The summed E-state index contributed by atoms with van der Waals surface area (Å²) in [6.45, 7) is 0. The Morgan fingerprint density at radius 2 is 1.83 bits per heavy atom. The Labute approximate surface area is 133 Å². The number of hydrogen-bond acceptors (Lipinski definition) is 4. The Kier molecular flexibility index (Phi) is 5.71. The first kappa shape index (κ1) is 19.6. The first-order valence-electron chi connectivity index (χ1n) is 6.35. The van der Waals surface area contributed by atoms with Crippen LogP contribution < -0.4 is 16.8 Å². The van der Waals surface area contributed by atoms with Crippen molar-refractivity contribution in [3.05, 3.63) is 53.2 Å². The molecule has 0 aliphatic carbocycles. The third-order valence-corrected chi connectivity index (χ3v) is 2.86. The number of hydrogen-bond donors (Lipinski definition) is 4. The molecular weight excluding hydrogens is 340 g/mol. The normalized spacial score (nSPS) is 21.1. The highest BCUT2D eigenvalue weighted by Crippen LogP contribution is 2.25. The van der Waals surface area contributed by atoms with Crippen LogP contribution in [0.2, 0.25) is 0 Å². The van der Waals surface area contributed by atoms with Gasteiger partial charge < -0.3 is 22.5 Å². The first-order valence-corrected chi connectivity index (χ1v) is 6.35. The summed E-state index contributed by atoms with van der Waals surface area (Å²) >= 11 is 0. The minimum Gasteiger partial charge on any atom is -0.664 e. The van der Waals surface area contributed by atoms with Gasteiger partial charge in [0.05, 0.1) is 11.7 Å². The fraction of sp³-hybridized carbons (Fsp3) is 0.308. The topological polar surface area (TPSA) is 112 Å². The molecule has 0 aromatic rings. The quantitative estimate of drug-likeness (QED) is 0.460. The minimum atomic E-state index is -4.87. The van der Waals surface area contributed by atoms with Gasteiger partial charge >= 0.3 is 12.4 Å². The smallest absolute Gasteiger partial charge is 0.432 e. The third kappa shape index (κ3) is 5.33. The van der Waals surface area contributed by atoms with E-state index >= 15 is 0 Å². The molecule has 1 aliphatic heterocycles. The number of dihydropyridines is 1. The number of nitrogens with two attached hydrogens (primary N) is 2. The van der Waals surface area contributed by atoms with Gasteiger partial charge in [-0.05, 0) is 18.2 Å². The van der Waals surface area contributed by atoms with Crippen molar-refractivity contribution in [2.75, 3.05) is 0 Å². The summed E-state index contributed by atoms with van der Waals surface area (Å²) in [7, 11) is 0. The Balaban J connectivity index is 2.90. The van der Waals surface area contributed by atoms with Crippen molar-refractivity contribution in [2.24, 2.45) is 11.5 Å². The second-order valence-corrected chi connectivity index (χ2v) is 4.78. The molecule has 0 saturated heterocycles. The molecule has 5 nitrogen and oxygen atoms in total. The van der Waals surface area contributed by atoms with E-state index in [0.717, 1.165) is 0 Å². The van der Waals surface area contributed by atoms with Crippen molar-refractivity contribution in [3.8, 4) is 0 Å². The van der Waals surface area contributed by atoms with Crippen molar-refractivity contribution in [3.63, 3.8) is 0 Å². The molecule has 11 heteroatoms. The third-order valence-electron chi connectivity index (χ3n) is 2.86. The minimum absolute atomic E-state index is 0.0288. The van der Waals surface area contributed by atoms with Crippen LogP contribution >= 0.6 is 0 Å². The number of halogens is 6. The van der Waals surface area contributed by atoms with Crippen molar-refractivity contribution < 1.29 is 26.3 Å². The molecular formula is C13H14F6N5-. The number of rotatable bonds is 4. The Hall–Kier alpha value is -2.43. The van der Waals surface area contributed by atoms with Crippen LogP contribution in [0.3, 0.4) is 0 Å². The molecule has 24 heavy (non-hydrogen) atoms. The van der Waals surface area contributed by atoms with E-state index in [4.69, 9.17) is 22.6 Å². The van der Waals surface area contributed by atoms with Crippen LogP contribution in [0.15, 0.2) is 47.5 Å². The molecule has 0 aromatic carbocycles. The lowest BCUT2D eigenvalue weighted by Gasteiger charge is -2.25. The molecule has 1 aliphatic rings. The van der Waals surface area contributed by atoms with Crippen LogP contribution in [0.5, 0.6) is 0 Å². The van der Waals surface area contributed by atoms with Gasteiger partial charge in [0.2, 0.25) is 0 Å². The maximum Gasteiger partial charge on any atom is 0.432 e. The summed E-state index contributed by atoms with van der Waals surface area (Å²) in [4.78, 5) is 0. The standard InChI is InChI=1S/C13H14F6N5/c14-12(15,16)10(22)4-6(20)8-2-1-3-9(24-8)7(21)5-11(23)13(17,18)19/h1-5,8,11,22-24H,20-21H2/q-1/b6-4-,7-5-,22-10?/t8?,11-/m1/s1. The van der Waals surface area contributed by atoms with Crippen molar-refractivity contribution in [1.82, 2.24) is 5.32 Å². The van der Waals surface area contributed by atoms with Crippen LogP contribution in [0.1, 0.15) is 0 Å². The summed E-state index contributed by atoms with van der Waals surface area (Å²) in [6.07, 6.45) is -4.86. The van der Waals surface area contributed by atoms with E-state index in [0.29, 0.717) is 12.2 Å². The second-order valence-electron chi connectivity index (χ2n) is 4.78. The van der Waals surface area contributed by atoms with Gasteiger partial charge in [-0.1, -0.05) is 18.2 Å². The average Bonchev–Trinajstić information content (AvgIpc) is 2.45. The summed E-state index contributed by atoms with van der Waals surface area (Å²) in [5, 5.41) is 9.39. The first-order chi connectivity index (χ1) is 10.8. The largest absolute Gasteiger partial charge is 0.664 e. The van der Waals surface area contributed by atoms with E-state index in [2.05, 4.69) is 5.32 Å². The molecule has 1 unspecified atom stereocenters. The summed E-state index contributed by atoms with van der Waals surface area (Å²) in [5.41, 5.74) is 15.4. The Bertz CT molecular complexity index is 611. The van der Waals surface area contributed by atoms with E-state index in [-0.39, 0.29) is 11.4 Å². The zero-order valence-corrected chi connectivity index (χ0v) is 12.0. The SMILES string of the molecule is N=C(/C=C(\N)C1C=CC=C(/C(N)=C/[C@@H]([NH-])C(F)(F)F)N1)C(F)(F)F. The lowest BCUT2D eigenvalue weighted by molar-refractivity contribution is -0.128. The number of alkyl halides is 6. The molecule has 0 radical (unpaired) electrons. The monoisotopic (exact) mass is 354 g/mol. The molecule has 0 fully saturated rings. The maximum atomic E-state index is 12.3. The van der Waals surface area contributed by atoms with E-state index in [1.807, 2.05) is 0 Å². The Morgan fingerprint density at radius 1 is 1.25 bits per heavy atom. The van der Waals surface area contributed by atoms with Crippen molar-refractivity contribution in [1.29, 1.82) is 5.41 Å². The van der Waals surface area contributed by atoms with Gasteiger partial charge in [0, 0.05) is 11.4 Å². The molecule has 0 saturated carbocycles. The number of allylic oxidation sites excluding steroid dienone is 3. The second kappa shape index (κ2) is 6.99. The average molecular weight is 354 g/mol. The number of nitrogens with one attached hydrogen (secondary N) is 3. The zero-order chi connectivity index (χ0) is 18.7. The highest BCUT2D eigenvalue weighted by atomic mass is 19.4. The predicted octanol–water partition coefficient (Wildman–Crippen LogP) is 2.65. The highest BCUT2D eigenvalue weighted by molar-refractivity contribution is 5.97. The van der Waals surface area contributed by atoms with Gasteiger partial charge in [-0.25, -0.2) is 0 Å². The maximum absolute atomic E-state index is 12.3. The van der Waals surface area contributed by atoms with E-state index in [9.17, 15) is 26.3 Å². The van der Waals surface area contributed by atoms with Gasteiger partial charge in [-0.3, -0.25) is 5.41 Å². The molecule has 1 rings (SSSR count). The predicted molar refractivity (Wildman–Crippen MR) is 76.6 cm³/mol. The van der Waals surface area contributed by atoms with Gasteiger partial charge in [0.1, 0.15) is 5.71 Å². The summed E-state index contributed by atoms with van der Waals surface area (Å²) < 4.78 is 73.9. The fourth-order valence-electron chi connectivity index (χ4n) is 1.60. The van der Waals surface area contributed by atoms with Crippen LogP contribution in [-0.4, -0.2) is 30.1 Å². The van der Waals surface area contributed by atoms with Crippen LogP contribution in [0.4, 0.5) is 26.3 Å². The summed E-state index contributed by atoms with van der Waals surface area (Å²) in [6, 6.07) is -3.54. The van der Waals surface area contributed by atoms with Crippen molar-refractivity contribution >= 4 is 5.71 Å². The molecule has 1 heterocycles. The summed E-state index contributed by atoms with van der Waals surface area (Å²) in [5.74, 6) is 0. The van der Waals surface area contributed by atoms with Crippen LogP contribution in [0, 0.1) is 5.41 Å². The molecule has 134 valence electrons. The van der Waals surface area contributed by atoms with E-state index in [1.165, 1.54) is 18.2 Å².